The molecule has 0 saturated carbocycles. The van der Waals surface area contributed by atoms with Crippen LogP contribution in [0.1, 0.15) is 41.2 Å². The van der Waals surface area contributed by atoms with Gasteiger partial charge < -0.3 is 20.5 Å². The van der Waals surface area contributed by atoms with Gasteiger partial charge >= 0.3 is 0 Å². The fourth-order valence-electron chi connectivity index (χ4n) is 5.15. The first-order chi connectivity index (χ1) is 19.5. The molecule has 1 aromatic heterocycles. The molecule has 0 bridgehead atoms. The van der Waals surface area contributed by atoms with Gasteiger partial charge in [-0.25, -0.2) is 0 Å². The van der Waals surface area contributed by atoms with Crippen molar-refractivity contribution in [3.63, 3.8) is 0 Å². The predicted molar refractivity (Wildman–Crippen MR) is 159 cm³/mol. The normalized spacial score (nSPS) is 14.3. The number of fused-ring (bicyclic) bond motifs is 2. The Labute approximate surface area is 236 Å². The number of carbonyl (C=O) groups excluding carboxylic acids is 3. The zero-order valence-electron chi connectivity index (χ0n) is 21.6. The van der Waals surface area contributed by atoms with E-state index in [0.717, 1.165) is 40.2 Å². The summed E-state index contributed by atoms with van der Waals surface area (Å²) in [7, 11) is 0. The molecule has 40 heavy (non-hydrogen) atoms. The SMILES string of the molecule is O=C(NC(C(=O)Nc1ccc(N2CCCCC2=O)cc1)c1ccc2ccccc2c1)c1ccc2c(Cl)c[nH]c2c1. The number of H-pyrrole nitrogens is 1. The van der Waals surface area contributed by atoms with Gasteiger partial charge in [0.1, 0.15) is 6.04 Å². The van der Waals surface area contributed by atoms with E-state index in [0.29, 0.717) is 34.8 Å². The number of carbonyl (C=O) groups is 3. The number of halogens is 1. The molecule has 0 radical (unpaired) electrons. The van der Waals surface area contributed by atoms with E-state index >= 15 is 0 Å². The third kappa shape index (κ3) is 5.16. The van der Waals surface area contributed by atoms with Crippen LogP contribution in [0.5, 0.6) is 0 Å². The summed E-state index contributed by atoms with van der Waals surface area (Å²) in [5.74, 6) is -0.656. The van der Waals surface area contributed by atoms with E-state index in [9.17, 15) is 14.4 Å². The molecular weight excluding hydrogens is 524 g/mol. The maximum atomic E-state index is 13.7. The highest BCUT2D eigenvalue weighted by Crippen LogP contribution is 2.27. The van der Waals surface area contributed by atoms with Gasteiger partial charge in [-0.3, -0.25) is 14.4 Å². The van der Waals surface area contributed by atoms with Gasteiger partial charge in [-0.2, -0.15) is 0 Å². The number of aromatic nitrogens is 1. The third-order valence-corrected chi connectivity index (χ3v) is 7.62. The largest absolute Gasteiger partial charge is 0.360 e. The highest BCUT2D eigenvalue weighted by atomic mass is 35.5. The molecule has 1 aliphatic heterocycles. The molecule has 1 unspecified atom stereocenters. The molecule has 4 aromatic carbocycles. The number of aromatic amines is 1. The Morgan fingerprint density at radius 2 is 1.70 bits per heavy atom. The Kier molecular flexibility index (Phi) is 6.97. The van der Waals surface area contributed by atoms with Crippen molar-refractivity contribution < 1.29 is 14.4 Å². The fourth-order valence-corrected chi connectivity index (χ4v) is 5.37. The minimum absolute atomic E-state index is 0.113. The van der Waals surface area contributed by atoms with Crippen LogP contribution in [0.4, 0.5) is 11.4 Å². The molecule has 3 N–H and O–H groups in total. The summed E-state index contributed by atoms with van der Waals surface area (Å²) < 4.78 is 0. The lowest BCUT2D eigenvalue weighted by Gasteiger charge is -2.27. The molecule has 3 amide bonds. The fraction of sp³-hybridized carbons (Fsp3) is 0.156. The smallest absolute Gasteiger partial charge is 0.252 e. The molecule has 5 aromatic rings. The Morgan fingerprint density at radius 1 is 0.900 bits per heavy atom. The van der Waals surface area contributed by atoms with Gasteiger partial charge in [0, 0.05) is 47.0 Å². The second kappa shape index (κ2) is 10.9. The summed E-state index contributed by atoms with van der Waals surface area (Å²) in [5.41, 5.74) is 3.17. The highest BCUT2D eigenvalue weighted by Gasteiger charge is 2.25. The zero-order valence-corrected chi connectivity index (χ0v) is 22.4. The number of piperidine rings is 1. The first-order valence-electron chi connectivity index (χ1n) is 13.2. The van der Waals surface area contributed by atoms with Crippen LogP contribution in [0.15, 0.2) is 91.1 Å². The standard InChI is InChI=1S/C32H27ClN4O3/c33-27-19-34-28-18-23(10-15-26(27)28)31(39)36-30(22-9-8-20-5-1-2-6-21(20)17-22)32(40)35-24-11-13-25(14-12-24)37-16-4-3-7-29(37)38/h1-2,5-6,8-15,17-19,30,34H,3-4,7,16H2,(H,35,40)(H,36,39). The van der Waals surface area contributed by atoms with E-state index < -0.39 is 6.04 Å². The molecule has 7 nitrogen and oxygen atoms in total. The first kappa shape index (κ1) is 25.6. The highest BCUT2D eigenvalue weighted by molar-refractivity contribution is 6.35. The lowest BCUT2D eigenvalue weighted by atomic mass is 10.0. The number of hydrogen-bond acceptors (Lipinski definition) is 3. The van der Waals surface area contributed by atoms with Crippen molar-refractivity contribution in [3.8, 4) is 0 Å². The number of hydrogen-bond donors (Lipinski definition) is 3. The average molecular weight is 551 g/mol. The molecule has 1 aliphatic rings. The minimum Gasteiger partial charge on any atom is -0.360 e. The van der Waals surface area contributed by atoms with Crippen molar-refractivity contribution in [2.75, 3.05) is 16.8 Å². The Bertz CT molecular complexity index is 1740. The summed E-state index contributed by atoms with van der Waals surface area (Å²) >= 11 is 6.19. The first-order valence-corrected chi connectivity index (χ1v) is 13.6. The lowest BCUT2D eigenvalue weighted by molar-refractivity contribution is -0.119. The van der Waals surface area contributed by atoms with Crippen molar-refractivity contribution in [1.82, 2.24) is 10.3 Å². The van der Waals surface area contributed by atoms with Crippen LogP contribution in [0.2, 0.25) is 5.02 Å². The predicted octanol–water partition coefficient (Wildman–Crippen LogP) is 6.60. The van der Waals surface area contributed by atoms with Gasteiger partial charge in [0.05, 0.1) is 5.02 Å². The van der Waals surface area contributed by atoms with Crippen LogP contribution >= 0.6 is 11.6 Å². The summed E-state index contributed by atoms with van der Waals surface area (Å²) in [6, 6.07) is 25.0. The molecule has 6 rings (SSSR count). The molecule has 8 heteroatoms. The number of rotatable bonds is 6. The molecule has 0 spiro atoms. The second-order valence-corrected chi connectivity index (χ2v) is 10.4. The average Bonchev–Trinajstić information content (AvgIpc) is 3.36. The Balaban J connectivity index is 1.27. The van der Waals surface area contributed by atoms with Crippen molar-refractivity contribution in [2.45, 2.75) is 25.3 Å². The van der Waals surface area contributed by atoms with E-state index in [2.05, 4.69) is 15.6 Å². The van der Waals surface area contributed by atoms with Crippen LogP contribution in [0, 0.1) is 0 Å². The topological polar surface area (TPSA) is 94.3 Å². The molecule has 1 fully saturated rings. The van der Waals surface area contributed by atoms with E-state index in [4.69, 9.17) is 11.6 Å². The van der Waals surface area contributed by atoms with Crippen LogP contribution in [0.25, 0.3) is 21.7 Å². The Hall–Kier alpha value is -4.62. The minimum atomic E-state index is -0.955. The molecule has 1 saturated heterocycles. The van der Waals surface area contributed by atoms with Gasteiger partial charge in [0.2, 0.25) is 5.91 Å². The van der Waals surface area contributed by atoms with Gasteiger partial charge in [0.15, 0.2) is 0 Å². The number of amides is 3. The summed E-state index contributed by atoms with van der Waals surface area (Å²) in [6.45, 7) is 0.696. The van der Waals surface area contributed by atoms with Crippen LogP contribution < -0.4 is 15.5 Å². The maximum Gasteiger partial charge on any atom is 0.252 e. The zero-order chi connectivity index (χ0) is 27.6. The molecule has 1 atom stereocenters. The van der Waals surface area contributed by atoms with Gasteiger partial charge in [-0.1, -0.05) is 54.1 Å². The van der Waals surface area contributed by atoms with Crippen molar-refractivity contribution in [1.29, 1.82) is 0 Å². The molecule has 0 aliphatic carbocycles. The Morgan fingerprint density at radius 3 is 2.50 bits per heavy atom. The van der Waals surface area contributed by atoms with Crippen molar-refractivity contribution in [3.05, 3.63) is 107 Å². The maximum absolute atomic E-state index is 13.7. The summed E-state index contributed by atoms with van der Waals surface area (Å²) in [4.78, 5) is 44.2. The summed E-state index contributed by atoms with van der Waals surface area (Å²) in [6.07, 6.45) is 4.11. The van der Waals surface area contributed by atoms with Gasteiger partial charge in [-0.05, 0) is 71.6 Å². The van der Waals surface area contributed by atoms with Crippen molar-refractivity contribution >= 4 is 62.4 Å². The van der Waals surface area contributed by atoms with Crippen LogP contribution in [-0.4, -0.2) is 29.3 Å². The van der Waals surface area contributed by atoms with Gasteiger partial charge in [-0.15, -0.1) is 0 Å². The quantitative estimate of drug-likeness (QED) is 0.222. The number of anilines is 2. The van der Waals surface area contributed by atoms with E-state index in [-0.39, 0.29) is 17.7 Å². The number of nitrogens with zero attached hydrogens (tertiary/aromatic N) is 1. The lowest BCUT2D eigenvalue weighted by Crippen LogP contribution is -2.37. The van der Waals surface area contributed by atoms with Crippen LogP contribution in [-0.2, 0) is 9.59 Å². The molecular formula is C32H27ClN4O3. The van der Waals surface area contributed by atoms with E-state index in [1.165, 1.54) is 0 Å². The van der Waals surface area contributed by atoms with Gasteiger partial charge in [0.25, 0.3) is 11.8 Å². The van der Waals surface area contributed by atoms with Crippen molar-refractivity contribution in [2.24, 2.45) is 0 Å². The van der Waals surface area contributed by atoms with E-state index in [1.54, 1.807) is 41.4 Å². The monoisotopic (exact) mass is 550 g/mol. The van der Waals surface area contributed by atoms with E-state index in [1.807, 2.05) is 54.6 Å². The van der Waals surface area contributed by atoms with Crippen LogP contribution in [0.3, 0.4) is 0 Å². The third-order valence-electron chi connectivity index (χ3n) is 7.31. The number of benzene rings is 4. The number of nitrogens with one attached hydrogen (secondary N) is 3. The second-order valence-electron chi connectivity index (χ2n) is 9.95. The summed E-state index contributed by atoms with van der Waals surface area (Å²) in [5, 5.41) is 9.25. The molecule has 200 valence electrons. The molecule has 2 heterocycles.